The first-order valence-corrected chi connectivity index (χ1v) is 8.31. The molecule has 3 aromatic rings. The van der Waals surface area contributed by atoms with Crippen LogP contribution in [0, 0.1) is 11.3 Å². The van der Waals surface area contributed by atoms with Crippen LogP contribution in [0.25, 0.3) is 0 Å². The number of amides is 1. The normalized spacial score (nSPS) is 10.0. The number of benzene rings is 2. The largest absolute Gasteiger partial charge is 0.354 e. The minimum absolute atomic E-state index is 0.202. The Bertz CT molecular complexity index is 1010. The third-order valence-electron chi connectivity index (χ3n) is 3.50. The molecule has 2 aromatic carbocycles. The van der Waals surface area contributed by atoms with E-state index in [0.29, 0.717) is 32.7 Å². The zero-order valence-electron chi connectivity index (χ0n) is 13.3. The number of para-hydroxylation sites is 1. The molecule has 0 saturated carbocycles. The van der Waals surface area contributed by atoms with Crippen molar-refractivity contribution in [2.45, 2.75) is 0 Å². The van der Waals surface area contributed by atoms with Crippen molar-refractivity contribution in [3.8, 4) is 6.07 Å². The highest BCUT2D eigenvalue weighted by atomic mass is 35.5. The second-order valence-corrected chi connectivity index (χ2v) is 6.13. The van der Waals surface area contributed by atoms with E-state index >= 15 is 0 Å². The van der Waals surface area contributed by atoms with Gasteiger partial charge in [0.05, 0.1) is 22.0 Å². The highest BCUT2D eigenvalue weighted by Gasteiger charge is 2.11. The third kappa shape index (κ3) is 4.12. The lowest BCUT2D eigenvalue weighted by Crippen LogP contribution is -2.14. The van der Waals surface area contributed by atoms with Crippen molar-refractivity contribution in [3.05, 3.63) is 82.1 Å². The Balaban J connectivity index is 1.80. The fourth-order valence-corrected chi connectivity index (χ4v) is 2.71. The maximum absolute atomic E-state index is 12.4. The van der Waals surface area contributed by atoms with Gasteiger partial charge < -0.3 is 10.6 Å². The highest BCUT2D eigenvalue weighted by molar-refractivity contribution is 6.36. The summed E-state index contributed by atoms with van der Waals surface area (Å²) in [5, 5.41) is 15.9. The second kappa shape index (κ2) is 7.87. The Morgan fingerprint density at radius 2 is 1.85 bits per heavy atom. The van der Waals surface area contributed by atoms with Crippen LogP contribution >= 0.6 is 23.2 Å². The van der Waals surface area contributed by atoms with Gasteiger partial charge >= 0.3 is 0 Å². The predicted octanol–water partition coefficient (Wildman–Crippen LogP) is 5.26. The summed E-state index contributed by atoms with van der Waals surface area (Å²) < 4.78 is 0. The van der Waals surface area contributed by atoms with Crippen LogP contribution in [-0.2, 0) is 0 Å². The lowest BCUT2D eigenvalue weighted by molar-refractivity contribution is 0.102. The summed E-state index contributed by atoms with van der Waals surface area (Å²) in [6, 6.07) is 17.2. The molecule has 0 aliphatic carbocycles. The van der Waals surface area contributed by atoms with E-state index < -0.39 is 5.91 Å². The van der Waals surface area contributed by atoms with Gasteiger partial charge in [0.15, 0.2) is 0 Å². The molecule has 0 spiro atoms. The molecule has 0 atom stereocenters. The second-order valence-electron chi connectivity index (χ2n) is 5.29. The Morgan fingerprint density at radius 3 is 2.62 bits per heavy atom. The minimum Gasteiger partial charge on any atom is -0.354 e. The summed E-state index contributed by atoms with van der Waals surface area (Å²) in [5.74, 6) is -0.418. The number of hydrogen-bond donors (Lipinski definition) is 2. The molecule has 0 fully saturated rings. The van der Waals surface area contributed by atoms with Crippen molar-refractivity contribution in [3.63, 3.8) is 0 Å². The summed E-state index contributed by atoms with van der Waals surface area (Å²) in [6.45, 7) is 0. The summed E-state index contributed by atoms with van der Waals surface area (Å²) in [6.07, 6.45) is 1.51. The molecule has 26 heavy (non-hydrogen) atoms. The molecule has 1 amide bonds. The molecule has 0 aliphatic rings. The Kier molecular flexibility index (Phi) is 5.37. The minimum atomic E-state index is -0.418. The van der Waals surface area contributed by atoms with Gasteiger partial charge in [0, 0.05) is 16.9 Å². The zero-order valence-corrected chi connectivity index (χ0v) is 14.8. The maximum atomic E-state index is 12.4. The van der Waals surface area contributed by atoms with E-state index in [0.717, 1.165) is 0 Å². The number of nitrogens with zero attached hydrogens (tertiary/aromatic N) is 2. The zero-order chi connectivity index (χ0) is 18.5. The van der Waals surface area contributed by atoms with E-state index in [1.807, 2.05) is 6.07 Å². The van der Waals surface area contributed by atoms with Gasteiger partial charge in [-0.2, -0.15) is 5.26 Å². The molecule has 0 radical (unpaired) electrons. The average Bonchev–Trinajstić information content (AvgIpc) is 2.65. The fourth-order valence-electron chi connectivity index (χ4n) is 2.25. The SMILES string of the molecule is N#Cc1ccccc1NC(=O)c1cc(Nc2ccc(Cl)cc2Cl)ccn1. The van der Waals surface area contributed by atoms with Gasteiger partial charge in [-0.1, -0.05) is 35.3 Å². The number of aromatic nitrogens is 1. The molecule has 5 nitrogen and oxygen atoms in total. The number of carbonyl (C=O) groups is 1. The lowest BCUT2D eigenvalue weighted by Gasteiger charge is -2.10. The van der Waals surface area contributed by atoms with Crippen LogP contribution in [0.4, 0.5) is 17.1 Å². The topological polar surface area (TPSA) is 77.8 Å². The van der Waals surface area contributed by atoms with Crippen LogP contribution in [-0.4, -0.2) is 10.9 Å². The number of nitriles is 1. The van der Waals surface area contributed by atoms with Crippen LogP contribution in [0.2, 0.25) is 10.0 Å². The molecule has 0 saturated heterocycles. The monoisotopic (exact) mass is 382 g/mol. The number of hydrogen-bond acceptors (Lipinski definition) is 4. The number of nitrogens with one attached hydrogen (secondary N) is 2. The Hall–Kier alpha value is -3.07. The molecule has 2 N–H and O–H groups in total. The van der Waals surface area contributed by atoms with Crippen LogP contribution in [0.1, 0.15) is 16.1 Å². The first kappa shape index (κ1) is 17.7. The van der Waals surface area contributed by atoms with Crippen LogP contribution in [0.3, 0.4) is 0 Å². The van der Waals surface area contributed by atoms with Crippen LogP contribution in [0.15, 0.2) is 60.8 Å². The maximum Gasteiger partial charge on any atom is 0.274 e. The van der Waals surface area contributed by atoms with Gasteiger partial charge in [-0.3, -0.25) is 9.78 Å². The Labute approximate surface area is 160 Å². The first-order valence-electron chi connectivity index (χ1n) is 7.55. The summed E-state index contributed by atoms with van der Waals surface area (Å²) >= 11 is 12.0. The summed E-state index contributed by atoms with van der Waals surface area (Å²) in [4.78, 5) is 16.5. The molecule has 128 valence electrons. The van der Waals surface area contributed by atoms with E-state index in [1.165, 1.54) is 6.20 Å². The molecule has 0 bridgehead atoms. The van der Waals surface area contributed by atoms with Gasteiger partial charge in [-0.25, -0.2) is 0 Å². The average molecular weight is 383 g/mol. The third-order valence-corrected chi connectivity index (χ3v) is 4.05. The van der Waals surface area contributed by atoms with Gasteiger partial charge in [0.25, 0.3) is 5.91 Å². The fraction of sp³-hybridized carbons (Fsp3) is 0. The van der Waals surface area contributed by atoms with E-state index in [4.69, 9.17) is 28.5 Å². The highest BCUT2D eigenvalue weighted by Crippen LogP contribution is 2.28. The van der Waals surface area contributed by atoms with Gasteiger partial charge in [0.2, 0.25) is 0 Å². The van der Waals surface area contributed by atoms with E-state index in [9.17, 15) is 4.79 Å². The number of carbonyl (C=O) groups excluding carboxylic acids is 1. The number of rotatable bonds is 4. The van der Waals surface area contributed by atoms with Crippen molar-refractivity contribution >= 4 is 46.2 Å². The van der Waals surface area contributed by atoms with Crippen molar-refractivity contribution in [2.24, 2.45) is 0 Å². The van der Waals surface area contributed by atoms with Crippen molar-refractivity contribution in [1.29, 1.82) is 5.26 Å². The number of halogens is 2. The van der Waals surface area contributed by atoms with Crippen LogP contribution in [0.5, 0.6) is 0 Å². The molecule has 0 aliphatic heterocycles. The number of pyridine rings is 1. The molecule has 7 heteroatoms. The standard InChI is InChI=1S/C19H12Cl2N4O/c20-13-5-6-17(15(21)9-13)24-14-7-8-23-18(10-14)19(26)25-16-4-2-1-3-12(16)11-22/h1-10H,(H,23,24)(H,25,26). The van der Waals surface area contributed by atoms with Crippen molar-refractivity contribution in [1.82, 2.24) is 4.98 Å². The molecular weight excluding hydrogens is 371 g/mol. The smallest absolute Gasteiger partial charge is 0.274 e. The van der Waals surface area contributed by atoms with Gasteiger partial charge in [-0.05, 0) is 42.5 Å². The summed E-state index contributed by atoms with van der Waals surface area (Å²) in [5.41, 5.74) is 2.31. The van der Waals surface area contributed by atoms with E-state index in [2.05, 4.69) is 15.6 Å². The predicted molar refractivity (Wildman–Crippen MR) is 103 cm³/mol. The van der Waals surface area contributed by atoms with E-state index in [1.54, 1.807) is 54.6 Å². The Morgan fingerprint density at radius 1 is 1.04 bits per heavy atom. The summed E-state index contributed by atoms with van der Waals surface area (Å²) in [7, 11) is 0. The van der Waals surface area contributed by atoms with Crippen molar-refractivity contribution < 1.29 is 4.79 Å². The molecule has 1 heterocycles. The lowest BCUT2D eigenvalue weighted by atomic mass is 10.2. The quantitative estimate of drug-likeness (QED) is 0.645. The number of anilines is 3. The van der Waals surface area contributed by atoms with Gasteiger partial charge in [0.1, 0.15) is 11.8 Å². The van der Waals surface area contributed by atoms with Gasteiger partial charge in [-0.15, -0.1) is 0 Å². The molecule has 1 aromatic heterocycles. The van der Waals surface area contributed by atoms with Crippen molar-refractivity contribution in [2.75, 3.05) is 10.6 Å². The molecule has 0 unspecified atom stereocenters. The van der Waals surface area contributed by atoms with Crippen LogP contribution < -0.4 is 10.6 Å². The molecular formula is C19H12Cl2N4O. The van der Waals surface area contributed by atoms with E-state index in [-0.39, 0.29) is 5.69 Å². The molecule has 3 rings (SSSR count). The first-order chi connectivity index (χ1) is 12.6.